The molecule has 8 heteroatoms. The molecule has 0 spiro atoms. The maximum absolute atomic E-state index is 12.2. The van der Waals surface area contributed by atoms with Crippen LogP contribution in [0.2, 0.25) is 5.02 Å². The van der Waals surface area contributed by atoms with Crippen molar-refractivity contribution in [2.24, 2.45) is 11.0 Å². The first-order valence-electron chi connectivity index (χ1n) is 6.51. The molecular weight excluding hydrogens is 314 g/mol. The summed E-state index contributed by atoms with van der Waals surface area (Å²) < 4.78 is 26.4. The van der Waals surface area contributed by atoms with Gasteiger partial charge >= 0.3 is 6.03 Å². The predicted octanol–water partition coefficient (Wildman–Crippen LogP) is 2.45. The van der Waals surface area contributed by atoms with Crippen LogP contribution >= 0.6 is 11.6 Å². The van der Waals surface area contributed by atoms with Crippen LogP contribution in [0.1, 0.15) is 20.3 Å². The van der Waals surface area contributed by atoms with Crippen molar-refractivity contribution >= 4 is 33.9 Å². The van der Waals surface area contributed by atoms with E-state index in [-0.39, 0.29) is 21.9 Å². The number of hydrazone groups is 1. The number of urea groups is 1. The van der Waals surface area contributed by atoms with Crippen LogP contribution in [0.4, 0.5) is 4.79 Å². The van der Waals surface area contributed by atoms with Crippen LogP contribution in [-0.2, 0) is 10.0 Å². The van der Waals surface area contributed by atoms with Gasteiger partial charge in [0.2, 0.25) is 0 Å². The standard InChI is InChI=1S/C13H16ClN3O3S/c1-3-10-8-15-17(9(10)2)13(18)16-21(19,20)12-7-5-4-6-11(12)14/h4-10H,3H2,1-2H3,(H,16,18). The van der Waals surface area contributed by atoms with Gasteiger partial charge in [-0.25, -0.2) is 22.9 Å². The minimum Gasteiger partial charge on any atom is -0.246 e. The van der Waals surface area contributed by atoms with E-state index in [0.29, 0.717) is 0 Å². The quantitative estimate of drug-likeness (QED) is 0.925. The minimum absolute atomic E-state index is 0.0576. The Bertz CT molecular complexity index is 675. The molecule has 0 bridgehead atoms. The molecule has 1 aromatic rings. The summed E-state index contributed by atoms with van der Waals surface area (Å²) >= 11 is 5.85. The van der Waals surface area contributed by atoms with E-state index in [4.69, 9.17) is 11.6 Å². The molecule has 0 saturated carbocycles. The molecule has 114 valence electrons. The Morgan fingerprint density at radius 1 is 1.43 bits per heavy atom. The summed E-state index contributed by atoms with van der Waals surface area (Å²) in [5.41, 5.74) is 0. The van der Waals surface area contributed by atoms with Gasteiger partial charge in [0.05, 0.1) is 11.1 Å². The van der Waals surface area contributed by atoms with Crippen LogP contribution < -0.4 is 4.72 Å². The monoisotopic (exact) mass is 329 g/mol. The van der Waals surface area contributed by atoms with Crippen molar-refractivity contribution in [1.29, 1.82) is 0 Å². The van der Waals surface area contributed by atoms with E-state index in [0.717, 1.165) is 11.4 Å². The summed E-state index contributed by atoms with van der Waals surface area (Å²) in [6.07, 6.45) is 2.48. The first-order chi connectivity index (χ1) is 9.86. The second-order valence-electron chi connectivity index (χ2n) is 4.76. The second-order valence-corrected chi connectivity index (χ2v) is 6.82. The lowest BCUT2D eigenvalue weighted by Gasteiger charge is -2.22. The molecule has 1 N–H and O–H groups in total. The number of hydrogen-bond acceptors (Lipinski definition) is 4. The van der Waals surface area contributed by atoms with Crippen molar-refractivity contribution in [3.63, 3.8) is 0 Å². The number of amides is 2. The van der Waals surface area contributed by atoms with Gasteiger partial charge in [0.1, 0.15) is 4.90 Å². The Morgan fingerprint density at radius 3 is 2.67 bits per heavy atom. The SMILES string of the molecule is CCC1C=NN(C(=O)NS(=O)(=O)c2ccccc2Cl)C1C. The number of nitrogens with one attached hydrogen (secondary N) is 1. The number of nitrogens with zero attached hydrogens (tertiary/aromatic N) is 2. The fourth-order valence-electron chi connectivity index (χ4n) is 2.13. The number of hydrogen-bond donors (Lipinski definition) is 1. The molecule has 21 heavy (non-hydrogen) atoms. The second kappa shape index (κ2) is 6.03. The zero-order valence-corrected chi connectivity index (χ0v) is 13.2. The van der Waals surface area contributed by atoms with E-state index < -0.39 is 16.1 Å². The van der Waals surface area contributed by atoms with Gasteiger partial charge in [-0.1, -0.05) is 30.7 Å². The highest BCUT2D eigenvalue weighted by Gasteiger charge is 2.32. The number of sulfonamides is 1. The zero-order valence-electron chi connectivity index (χ0n) is 11.7. The molecule has 1 aliphatic rings. The summed E-state index contributed by atoms with van der Waals surface area (Å²) in [5, 5.41) is 5.17. The zero-order chi connectivity index (χ0) is 15.6. The van der Waals surface area contributed by atoms with Crippen LogP contribution in [0, 0.1) is 5.92 Å². The molecule has 2 amide bonds. The maximum atomic E-state index is 12.2. The summed E-state index contributed by atoms with van der Waals surface area (Å²) in [6.45, 7) is 3.80. The molecule has 0 aliphatic carbocycles. The lowest BCUT2D eigenvalue weighted by Crippen LogP contribution is -2.43. The number of carbonyl (C=O) groups is 1. The minimum atomic E-state index is -4.02. The first-order valence-corrected chi connectivity index (χ1v) is 8.37. The third-order valence-corrected chi connectivity index (χ3v) is 5.24. The van der Waals surface area contributed by atoms with Gasteiger partial charge in [-0.2, -0.15) is 5.10 Å². The van der Waals surface area contributed by atoms with Crippen molar-refractivity contribution in [2.45, 2.75) is 31.2 Å². The molecule has 1 heterocycles. The largest absolute Gasteiger partial charge is 0.351 e. The smallest absolute Gasteiger partial charge is 0.246 e. The van der Waals surface area contributed by atoms with Crippen LogP contribution in [0.5, 0.6) is 0 Å². The molecule has 1 aliphatic heterocycles. The normalized spacial score (nSPS) is 21.6. The third kappa shape index (κ3) is 3.19. The van der Waals surface area contributed by atoms with Gasteiger partial charge in [0.15, 0.2) is 0 Å². The van der Waals surface area contributed by atoms with E-state index in [2.05, 4.69) is 5.10 Å². The average molecular weight is 330 g/mol. The van der Waals surface area contributed by atoms with E-state index in [1.54, 1.807) is 12.3 Å². The van der Waals surface area contributed by atoms with Gasteiger partial charge in [0, 0.05) is 12.1 Å². The summed E-state index contributed by atoms with van der Waals surface area (Å²) in [6, 6.07) is 4.97. The summed E-state index contributed by atoms with van der Waals surface area (Å²) in [7, 11) is -4.02. The highest BCUT2D eigenvalue weighted by Crippen LogP contribution is 2.22. The van der Waals surface area contributed by atoms with Gasteiger partial charge in [-0.3, -0.25) is 0 Å². The molecule has 1 aromatic carbocycles. The first kappa shape index (κ1) is 15.8. The van der Waals surface area contributed by atoms with E-state index >= 15 is 0 Å². The number of rotatable bonds is 3. The fourth-order valence-corrected chi connectivity index (χ4v) is 3.59. The van der Waals surface area contributed by atoms with Gasteiger partial charge in [-0.05, 0) is 25.5 Å². The highest BCUT2D eigenvalue weighted by atomic mass is 35.5. The van der Waals surface area contributed by atoms with Crippen LogP contribution in [0.25, 0.3) is 0 Å². The van der Waals surface area contributed by atoms with Crippen LogP contribution in [-0.4, -0.2) is 31.7 Å². The van der Waals surface area contributed by atoms with E-state index in [1.165, 1.54) is 18.2 Å². The summed E-state index contributed by atoms with van der Waals surface area (Å²) in [5.74, 6) is 0.124. The van der Waals surface area contributed by atoms with Crippen LogP contribution in [0.15, 0.2) is 34.3 Å². The highest BCUT2D eigenvalue weighted by molar-refractivity contribution is 7.90. The third-order valence-electron chi connectivity index (χ3n) is 3.42. The Balaban J connectivity index is 2.17. The molecule has 0 fully saturated rings. The van der Waals surface area contributed by atoms with Crippen molar-refractivity contribution in [3.05, 3.63) is 29.3 Å². The molecule has 0 aromatic heterocycles. The Kier molecular flexibility index (Phi) is 4.53. The number of benzene rings is 1. The molecule has 6 nitrogen and oxygen atoms in total. The molecule has 0 radical (unpaired) electrons. The average Bonchev–Trinajstić information content (AvgIpc) is 2.79. The molecule has 2 unspecified atom stereocenters. The van der Waals surface area contributed by atoms with Crippen molar-refractivity contribution in [3.8, 4) is 0 Å². The van der Waals surface area contributed by atoms with Gasteiger partial charge < -0.3 is 0 Å². The number of halogens is 1. The van der Waals surface area contributed by atoms with Gasteiger partial charge in [0.25, 0.3) is 10.0 Å². The van der Waals surface area contributed by atoms with E-state index in [9.17, 15) is 13.2 Å². The lowest BCUT2D eigenvalue weighted by molar-refractivity contribution is 0.186. The molecule has 2 atom stereocenters. The predicted molar refractivity (Wildman–Crippen MR) is 80.7 cm³/mol. The molecule has 2 rings (SSSR count). The summed E-state index contributed by atoms with van der Waals surface area (Å²) in [4.78, 5) is 12.0. The van der Waals surface area contributed by atoms with Crippen LogP contribution in [0.3, 0.4) is 0 Å². The topological polar surface area (TPSA) is 78.8 Å². The Labute approximate surface area is 128 Å². The van der Waals surface area contributed by atoms with Crippen molar-refractivity contribution in [2.75, 3.05) is 0 Å². The lowest BCUT2D eigenvalue weighted by atomic mass is 10.0. The molecular formula is C13H16ClN3O3S. The molecule has 0 saturated heterocycles. The Hall–Kier alpha value is -1.60. The fraction of sp³-hybridized carbons (Fsp3) is 0.385. The number of carbonyl (C=O) groups excluding carboxylic acids is 1. The van der Waals surface area contributed by atoms with Crippen molar-refractivity contribution in [1.82, 2.24) is 9.73 Å². The Morgan fingerprint density at radius 2 is 2.10 bits per heavy atom. The van der Waals surface area contributed by atoms with Gasteiger partial charge in [-0.15, -0.1) is 0 Å². The van der Waals surface area contributed by atoms with Crippen molar-refractivity contribution < 1.29 is 13.2 Å². The van der Waals surface area contributed by atoms with E-state index in [1.807, 2.05) is 18.6 Å². The maximum Gasteiger partial charge on any atom is 0.351 e.